The normalized spacial score (nSPS) is 9.78. The second-order valence-corrected chi connectivity index (χ2v) is 5.50. The fourth-order valence-electron chi connectivity index (χ4n) is 2.15. The quantitative estimate of drug-likeness (QED) is 0.314. The number of para-hydroxylation sites is 1. The smallest absolute Gasteiger partial charge is 0.167 e. The molecule has 0 aliphatic rings. The van der Waals surface area contributed by atoms with Crippen molar-refractivity contribution in [3.63, 3.8) is 0 Å². The summed E-state index contributed by atoms with van der Waals surface area (Å²) in [7, 11) is 0. The van der Waals surface area contributed by atoms with E-state index in [0.717, 1.165) is 5.56 Å². The summed E-state index contributed by atoms with van der Waals surface area (Å²) in [6.07, 6.45) is 0. The minimum Gasteiger partial charge on any atom is -0.748 e. The molecule has 0 atom stereocenters. The number of halogens is 1. The topological polar surface area (TPSA) is 30.2 Å². The van der Waals surface area contributed by atoms with Gasteiger partial charge in [-0.05, 0) is 12.1 Å². The first-order valence-corrected chi connectivity index (χ1v) is 7.67. The van der Waals surface area contributed by atoms with Gasteiger partial charge >= 0.3 is 0 Å². The van der Waals surface area contributed by atoms with Crippen LogP contribution in [0.25, 0.3) is 22.3 Å². The zero-order valence-corrected chi connectivity index (χ0v) is 14.7. The first-order valence-electron chi connectivity index (χ1n) is 6.87. The Morgan fingerprint density at radius 2 is 1.48 bits per heavy atom. The van der Waals surface area contributed by atoms with Crippen molar-refractivity contribution in [1.29, 1.82) is 0 Å². The van der Waals surface area contributed by atoms with E-state index in [4.69, 9.17) is 4.42 Å². The number of fused-ring (bicyclic) bond motifs is 1. The molecular weight excluding hydrogens is 396 g/mol. The van der Waals surface area contributed by atoms with Crippen molar-refractivity contribution in [2.75, 3.05) is 0 Å². The molecule has 0 aliphatic heterocycles. The third-order valence-corrected chi connectivity index (χ3v) is 3.94. The Kier molecular flexibility index (Phi) is 6.17. The average Bonchev–Trinajstić information content (AvgIpc) is 3.26. The van der Waals surface area contributed by atoms with Gasteiger partial charge in [-0.2, -0.15) is 12.1 Å². The van der Waals surface area contributed by atoms with Crippen LogP contribution in [0, 0.1) is 0 Å². The van der Waals surface area contributed by atoms with Gasteiger partial charge in [0.05, 0.1) is 11.1 Å². The average molecular weight is 409 g/mol. The number of hydrogen-bond acceptors (Lipinski definition) is 2. The van der Waals surface area contributed by atoms with E-state index < -0.39 is 0 Å². The van der Waals surface area contributed by atoms with Crippen LogP contribution < -0.4 is 5.43 Å². The first-order chi connectivity index (χ1) is 10.8. The van der Waals surface area contributed by atoms with Crippen molar-refractivity contribution >= 4 is 26.9 Å². The predicted molar refractivity (Wildman–Crippen MR) is 93.2 cm³/mol. The molecule has 0 saturated heterocycles. The molecule has 0 aliphatic carbocycles. The second-order valence-electron chi connectivity index (χ2n) is 4.71. The van der Waals surface area contributed by atoms with E-state index in [0.29, 0.717) is 21.2 Å². The van der Waals surface area contributed by atoms with Gasteiger partial charge in [0.2, 0.25) is 0 Å². The van der Waals surface area contributed by atoms with Crippen molar-refractivity contribution < 1.29 is 21.5 Å². The van der Waals surface area contributed by atoms with Crippen molar-refractivity contribution in [3.05, 3.63) is 93.6 Å². The molecule has 4 aromatic rings. The van der Waals surface area contributed by atoms with Gasteiger partial charge in [-0.3, -0.25) is 4.79 Å². The molecule has 0 amide bonds. The van der Waals surface area contributed by atoms with Gasteiger partial charge in [-0.25, -0.2) is 0 Å². The van der Waals surface area contributed by atoms with E-state index in [1.165, 1.54) is 0 Å². The van der Waals surface area contributed by atoms with Crippen LogP contribution in [0.1, 0.15) is 0 Å². The molecule has 0 saturated carbocycles. The Morgan fingerprint density at radius 1 is 0.913 bits per heavy atom. The number of rotatable bonds is 1. The van der Waals surface area contributed by atoms with Crippen molar-refractivity contribution in [2.45, 2.75) is 0 Å². The summed E-state index contributed by atoms with van der Waals surface area (Å²) in [4.78, 5) is 12.1. The second kappa shape index (κ2) is 8.11. The van der Waals surface area contributed by atoms with Crippen LogP contribution in [0.2, 0.25) is 0 Å². The molecule has 0 N–H and O–H groups in total. The monoisotopic (exact) mass is 408 g/mol. The van der Waals surface area contributed by atoms with Crippen LogP contribution in [-0.4, -0.2) is 0 Å². The molecule has 1 aromatic heterocycles. The van der Waals surface area contributed by atoms with E-state index in [2.05, 4.69) is 15.9 Å². The molecular formula is C19H13BrFeO2-6. The molecule has 0 spiro atoms. The fourth-order valence-corrected chi connectivity index (χ4v) is 2.67. The third-order valence-electron chi connectivity index (χ3n) is 3.22. The molecule has 1 heterocycles. The molecule has 0 bridgehead atoms. The Morgan fingerprint density at radius 3 is 2.09 bits per heavy atom. The van der Waals surface area contributed by atoms with Crippen molar-refractivity contribution in [3.8, 4) is 11.3 Å². The van der Waals surface area contributed by atoms with Crippen LogP contribution in [-0.2, 0) is 17.1 Å². The minimum absolute atomic E-state index is 0. The maximum atomic E-state index is 12.1. The summed E-state index contributed by atoms with van der Waals surface area (Å²) < 4.78 is 6.25. The Bertz CT molecular complexity index is 889. The minimum atomic E-state index is -0.0388. The van der Waals surface area contributed by atoms with Crippen LogP contribution in [0.3, 0.4) is 0 Å². The molecule has 4 rings (SSSR count). The van der Waals surface area contributed by atoms with E-state index in [-0.39, 0.29) is 22.5 Å². The van der Waals surface area contributed by atoms with Gasteiger partial charge in [0.15, 0.2) is 5.43 Å². The molecule has 2 nitrogen and oxygen atoms in total. The van der Waals surface area contributed by atoms with Crippen molar-refractivity contribution in [2.24, 2.45) is 0 Å². The van der Waals surface area contributed by atoms with Crippen LogP contribution in [0.15, 0.2) is 92.5 Å². The van der Waals surface area contributed by atoms with Gasteiger partial charge in [0.25, 0.3) is 0 Å². The maximum absolute atomic E-state index is 12.1. The van der Waals surface area contributed by atoms with E-state index in [1.54, 1.807) is 12.1 Å². The summed E-state index contributed by atoms with van der Waals surface area (Å²) in [5, 5.41) is 0.592. The summed E-state index contributed by atoms with van der Waals surface area (Å²) in [6.45, 7) is 0. The van der Waals surface area contributed by atoms with Crippen LogP contribution >= 0.6 is 15.9 Å². The van der Waals surface area contributed by atoms with Gasteiger partial charge in [-0.1, -0.05) is 17.7 Å². The molecule has 0 fully saturated rings. The Balaban J connectivity index is 0.000000276. The standard InChI is InChI=1S/C14H8BrO2.C5H5.Fe/c15-12-13(16)10-7-3-4-8-11(10)17-14(12)9-5-1-2-6-9;1-2-4-5-3-1;/h1-8H;1-5H;/q-1;-5;. The van der Waals surface area contributed by atoms with Crippen LogP contribution in [0.5, 0.6) is 0 Å². The molecule has 23 heavy (non-hydrogen) atoms. The summed E-state index contributed by atoms with van der Waals surface area (Å²) in [5.74, 6) is 0.582. The molecule has 0 unspecified atom stereocenters. The molecule has 4 heteroatoms. The van der Waals surface area contributed by atoms with Gasteiger partial charge in [-0.15, -0.1) is 28.1 Å². The number of hydrogen-bond donors (Lipinski definition) is 0. The zero-order chi connectivity index (χ0) is 15.4. The zero-order valence-electron chi connectivity index (χ0n) is 12.1. The van der Waals surface area contributed by atoms with Crippen LogP contribution in [0.4, 0.5) is 0 Å². The summed E-state index contributed by atoms with van der Waals surface area (Å²) in [6, 6.07) is 24.9. The van der Waals surface area contributed by atoms with E-state index in [9.17, 15) is 4.79 Å². The van der Waals surface area contributed by atoms with Gasteiger partial charge in [0.1, 0.15) is 5.58 Å². The first kappa shape index (κ1) is 17.5. The van der Waals surface area contributed by atoms with Gasteiger partial charge < -0.3 is 34.7 Å². The maximum Gasteiger partial charge on any atom is 0.167 e. The summed E-state index contributed by atoms with van der Waals surface area (Å²) >= 11 is 3.32. The third kappa shape index (κ3) is 3.91. The Hall–Kier alpha value is -1.87. The van der Waals surface area contributed by atoms with E-state index >= 15 is 0 Å². The summed E-state index contributed by atoms with van der Waals surface area (Å²) in [5.41, 5.74) is 1.47. The Labute approximate surface area is 153 Å². The largest absolute Gasteiger partial charge is 0.748 e. The SMILES string of the molecule is O=c1c(Br)c(-[c-]2cccc2)oc2ccccc12.[Fe].[cH-]1[cH-][cH-][cH-][cH-]1. The predicted octanol–water partition coefficient (Wildman–Crippen LogP) is 5.34. The number of benzene rings is 1. The molecule has 3 aromatic carbocycles. The van der Waals surface area contributed by atoms with E-state index in [1.807, 2.05) is 66.7 Å². The van der Waals surface area contributed by atoms with Gasteiger partial charge in [0, 0.05) is 21.5 Å². The van der Waals surface area contributed by atoms with Crippen molar-refractivity contribution in [1.82, 2.24) is 0 Å². The molecule has 122 valence electrons. The fraction of sp³-hybridized carbons (Fsp3) is 0. The molecule has 0 radical (unpaired) electrons.